The topological polar surface area (TPSA) is 61.8 Å². The number of nitrogens with zero attached hydrogens (tertiary/aromatic N) is 2. The fraction of sp³-hybridized carbons (Fsp3) is 0.333. The number of rotatable bonds is 4. The van der Waals surface area contributed by atoms with Gasteiger partial charge in [-0.25, -0.2) is 4.98 Å². The molecular weight excluding hydrogens is 266 g/mol. The van der Waals surface area contributed by atoms with Crippen molar-refractivity contribution in [3.8, 4) is 11.8 Å². The zero-order valence-electron chi connectivity index (χ0n) is 9.93. The van der Waals surface area contributed by atoms with Crippen molar-refractivity contribution in [2.75, 3.05) is 6.61 Å². The highest BCUT2D eigenvalue weighted by molar-refractivity contribution is 7.98. The van der Waals surface area contributed by atoms with E-state index in [1.807, 2.05) is 12.3 Å². The monoisotopic (exact) mass is 279 g/mol. The summed E-state index contributed by atoms with van der Waals surface area (Å²) >= 11 is 3.29. The number of aromatic nitrogens is 3. The lowest BCUT2D eigenvalue weighted by molar-refractivity contribution is 0.305. The van der Waals surface area contributed by atoms with E-state index in [2.05, 4.69) is 33.1 Å². The van der Waals surface area contributed by atoms with E-state index < -0.39 is 0 Å². The van der Waals surface area contributed by atoms with Crippen molar-refractivity contribution in [1.82, 2.24) is 15.2 Å². The number of hydrogen-bond donors (Lipinski definition) is 2. The van der Waals surface area contributed by atoms with Gasteiger partial charge in [-0.05, 0) is 13.0 Å². The molecule has 2 aromatic heterocycles. The Morgan fingerprint density at radius 3 is 3.17 bits per heavy atom. The van der Waals surface area contributed by atoms with Gasteiger partial charge in [0.25, 0.3) is 0 Å². The number of aromatic amines is 1. The highest BCUT2D eigenvalue weighted by Gasteiger charge is 2.03. The zero-order valence-corrected chi connectivity index (χ0v) is 11.6. The van der Waals surface area contributed by atoms with Crippen molar-refractivity contribution in [3.63, 3.8) is 0 Å². The van der Waals surface area contributed by atoms with E-state index >= 15 is 0 Å². The normalized spacial score (nSPS) is 10.1. The van der Waals surface area contributed by atoms with Crippen LogP contribution in [0.3, 0.4) is 0 Å². The van der Waals surface area contributed by atoms with Crippen molar-refractivity contribution in [3.05, 3.63) is 27.7 Å². The first-order chi connectivity index (χ1) is 8.78. The quantitative estimate of drug-likeness (QED) is 0.665. The third kappa shape index (κ3) is 3.88. The van der Waals surface area contributed by atoms with Gasteiger partial charge in [0, 0.05) is 28.0 Å². The van der Waals surface area contributed by atoms with Gasteiger partial charge >= 0.3 is 0 Å². The predicted octanol–water partition coefficient (Wildman–Crippen LogP) is 2.20. The van der Waals surface area contributed by atoms with Gasteiger partial charge in [-0.3, -0.25) is 5.10 Å². The summed E-state index contributed by atoms with van der Waals surface area (Å²) in [6, 6.07) is 2.07. The molecule has 0 aliphatic heterocycles. The average Bonchev–Trinajstić information content (AvgIpc) is 2.96. The number of aliphatic hydroxyl groups excluding tert-OH is 1. The van der Waals surface area contributed by atoms with Crippen molar-refractivity contribution < 1.29 is 5.11 Å². The standard InChI is InChI=1S/C12H13N3OS2/c1-9-13-12(15-14-9)18-8-11-6-10(7-17-11)4-2-3-5-16/h6-7,16H,3,5,8H2,1H3,(H,13,14,15). The summed E-state index contributed by atoms with van der Waals surface area (Å²) in [6.45, 7) is 2.00. The van der Waals surface area contributed by atoms with Gasteiger partial charge in [0.1, 0.15) is 5.82 Å². The lowest BCUT2D eigenvalue weighted by Gasteiger charge is -1.91. The van der Waals surface area contributed by atoms with E-state index in [1.165, 1.54) is 4.88 Å². The second-order valence-corrected chi connectivity index (χ2v) is 5.51. The minimum Gasteiger partial charge on any atom is -0.395 e. The highest BCUT2D eigenvalue weighted by Crippen LogP contribution is 2.23. The van der Waals surface area contributed by atoms with Crippen molar-refractivity contribution in [2.24, 2.45) is 0 Å². The molecule has 0 radical (unpaired) electrons. The first-order valence-corrected chi connectivity index (χ1v) is 7.33. The summed E-state index contributed by atoms with van der Waals surface area (Å²) in [5.41, 5.74) is 1.01. The first-order valence-electron chi connectivity index (χ1n) is 5.47. The van der Waals surface area contributed by atoms with Crippen LogP contribution in [0.25, 0.3) is 0 Å². The maximum atomic E-state index is 8.64. The Balaban J connectivity index is 1.89. The van der Waals surface area contributed by atoms with E-state index in [0.717, 1.165) is 22.3 Å². The molecule has 2 aromatic rings. The summed E-state index contributed by atoms with van der Waals surface area (Å²) in [5, 5.41) is 18.3. The Hall–Kier alpha value is -1.29. The average molecular weight is 279 g/mol. The Morgan fingerprint density at radius 1 is 1.56 bits per heavy atom. The molecule has 2 heterocycles. The molecule has 0 bridgehead atoms. The molecule has 0 saturated carbocycles. The second kappa shape index (κ2) is 6.59. The van der Waals surface area contributed by atoms with Crippen LogP contribution < -0.4 is 0 Å². The predicted molar refractivity (Wildman–Crippen MR) is 73.6 cm³/mol. The van der Waals surface area contributed by atoms with Crippen molar-refractivity contribution in [2.45, 2.75) is 24.3 Å². The molecule has 6 heteroatoms. The highest BCUT2D eigenvalue weighted by atomic mass is 32.2. The lowest BCUT2D eigenvalue weighted by Crippen LogP contribution is -1.78. The Kier molecular flexibility index (Phi) is 4.81. The van der Waals surface area contributed by atoms with Gasteiger partial charge < -0.3 is 5.11 Å². The molecule has 0 atom stereocenters. The molecule has 0 aliphatic carbocycles. The summed E-state index contributed by atoms with van der Waals surface area (Å²) in [7, 11) is 0. The third-order valence-electron chi connectivity index (χ3n) is 2.04. The van der Waals surface area contributed by atoms with Crippen molar-refractivity contribution in [1.29, 1.82) is 0 Å². The fourth-order valence-electron chi connectivity index (χ4n) is 1.26. The number of H-pyrrole nitrogens is 1. The first kappa shape index (κ1) is 13.1. The van der Waals surface area contributed by atoms with Crippen LogP contribution in [0.4, 0.5) is 0 Å². The maximum absolute atomic E-state index is 8.64. The maximum Gasteiger partial charge on any atom is 0.208 e. The Bertz CT molecular complexity index is 565. The number of aliphatic hydroxyl groups is 1. The van der Waals surface area contributed by atoms with Crippen LogP contribution in [0.2, 0.25) is 0 Å². The summed E-state index contributed by atoms with van der Waals surface area (Å²) < 4.78 is 0. The van der Waals surface area contributed by atoms with E-state index in [9.17, 15) is 0 Å². The molecule has 0 unspecified atom stereocenters. The molecule has 2 N–H and O–H groups in total. The molecule has 4 nitrogen and oxygen atoms in total. The zero-order chi connectivity index (χ0) is 12.8. The molecule has 0 aliphatic rings. The molecule has 0 aromatic carbocycles. The van der Waals surface area contributed by atoms with Crippen LogP contribution >= 0.6 is 23.1 Å². The summed E-state index contributed by atoms with van der Waals surface area (Å²) in [6.07, 6.45) is 0.524. The van der Waals surface area contributed by atoms with Crippen LogP contribution in [-0.4, -0.2) is 26.9 Å². The second-order valence-electron chi connectivity index (χ2n) is 3.57. The molecule has 18 heavy (non-hydrogen) atoms. The van der Waals surface area contributed by atoms with Gasteiger partial charge in [0.15, 0.2) is 0 Å². The molecule has 0 fully saturated rings. The fourth-order valence-corrected chi connectivity index (χ4v) is 2.98. The minimum atomic E-state index is 0.115. The number of thiophene rings is 1. The van der Waals surface area contributed by atoms with Gasteiger partial charge in [0.05, 0.1) is 6.61 Å². The van der Waals surface area contributed by atoms with Crippen molar-refractivity contribution >= 4 is 23.1 Å². The van der Waals surface area contributed by atoms with Crippen LogP contribution in [0, 0.1) is 18.8 Å². The van der Waals surface area contributed by atoms with Crippen LogP contribution in [-0.2, 0) is 5.75 Å². The Morgan fingerprint density at radius 2 is 2.44 bits per heavy atom. The van der Waals surface area contributed by atoms with E-state index in [0.29, 0.717) is 6.42 Å². The van der Waals surface area contributed by atoms with Crippen LogP contribution in [0.15, 0.2) is 16.6 Å². The molecule has 0 spiro atoms. The summed E-state index contributed by atoms with van der Waals surface area (Å²) in [5.74, 6) is 7.62. The molecule has 2 rings (SSSR count). The summed E-state index contributed by atoms with van der Waals surface area (Å²) in [4.78, 5) is 5.48. The van der Waals surface area contributed by atoms with Gasteiger partial charge in [-0.1, -0.05) is 23.6 Å². The number of thioether (sulfide) groups is 1. The molecule has 0 amide bonds. The largest absolute Gasteiger partial charge is 0.395 e. The van der Waals surface area contributed by atoms with Gasteiger partial charge in [-0.15, -0.1) is 16.4 Å². The smallest absolute Gasteiger partial charge is 0.208 e. The van der Waals surface area contributed by atoms with E-state index in [4.69, 9.17) is 5.11 Å². The molecular formula is C12H13N3OS2. The number of nitrogens with one attached hydrogen (secondary N) is 1. The van der Waals surface area contributed by atoms with Crippen LogP contribution in [0.1, 0.15) is 22.7 Å². The Labute approximate surface area is 114 Å². The van der Waals surface area contributed by atoms with E-state index in [1.54, 1.807) is 23.1 Å². The molecule has 94 valence electrons. The van der Waals surface area contributed by atoms with Gasteiger partial charge in [0.2, 0.25) is 5.16 Å². The SMILES string of the molecule is Cc1nc(SCc2cc(C#CCCO)cs2)n[nH]1. The number of hydrogen-bond acceptors (Lipinski definition) is 5. The third-order valence-corrected chi connectivity index (χ3v) is 4.06. The number of aryl methyl sites for hydroxylation is 1. The van der Waals surface area contributed by atoms with Gasteiger partial charge in [-0.2, -0.15) is 0 Å². The lowest BCUT2D eigenvalue weighted by atomic mass is 10.3. The van der Waals surface area contributed by atoms with E-state index in [-0.39, 0.29) is 6.61 Å². The van der Waals surface area contributed by atoms with Crippen LogP contribution in [0.5, 0.6) is 0 Å². The molecule has 0 saturated heterocycles. The minimum absolute atomic E-state index is 0.115.